The van der Waals surface area contributed by atoms with Gasteiger partial charge in [0.2, 0.25) is 0 Å². The summed E-state index contributed by atoms with van der Waals surface area (Å²) in [5.74, 6) is 0.858. The zero-order chi connectivity index (χ0) is 18.7. The SMILES string of the molecule is Cc1cc(C)c(OCC(=O)N2CCN(c3cccc(Cl)c3)CC2)c(C)c1. The molecule has 1 amide bonds. The van der Waals surface area contributed by atoms with Crippen molar-refractivity contribution in [3.8, 4) is 5.75 Å². The van der Waals surface area contributed by atoms with Crippen molar-refractivity contribution in [1.82, 2.24) is 4.90 Å². The highest BCUT2D eigenvalue weighted by atomic mass is 35.5. The van der Waals surface area contributed by atoms with E-state index in [4.69, 9.17) is 16.3 Å². The number of hydrogen-bond donors (Lipinski definition) is 0. The lowest BCUT2D eigenvalue weighted by molar-refractivity contribution is -0.133. The number of carbonyl (C=O) groups excluding carboxylic acids is 1. The first kappa shape index (κ1) is 18.6. The van der Waals surface area contributed by atoms with Gasteiger partial charge in [-0.15, -0.1) is 0 Å². The summed E-state index contributed by atoms with van der Waals surface area (Å²) in [5.41, 5.74) is 4.45. The second-order valence-electron chi connectivity index (χ2n) is 6.86. The number of piperazine rings is 1. The Morgan fingerprint density at radius 3 is 2.31 bits per heavy atom. The maximum Gasteiger partial charge on any atom is 0.260 e. The monoisotopic (exact) mass is 372 g/mol. The lowest BCUT2D eigenvalue weighted by Gasteiger charge is -2.36. The Labute approximate surface area is 160 Å². The summed E-state index contributed by atoms with van der Waals surface area (Å²) in [6, 6.07) is 12.0. The summed E-state index contributed by atoms with van der Waals surface area (Å²) in [7, 11) is 0. The molecule has 0 bridgehead atoms. The summed E-state index contributed by atoms with van der Waals surface area (Å²) in [6.07, 6.45) is 0. The van der Waals surface area contributed by atoms with Crippen molar-refractivity contribution in [1.29, 1.82) is 0 Å². The van der Waals surface area contributed by atoms with Crippen molar-refractivity contribution in [2.45, 2.75) is 20.8 Å². The lowest BCUT2D eigenvalue weighted by Crippen LogP contribution is -2.50. The van der Waals surface area contributed by atoms with E-state index < -0.39 is 0 Å². The standard InChI is InChI=1S/C21H25ClN2O2/c1-15-11-16(2)21(17(3)12-15)26-14-20(25)24-9-7-23(8-10-24)19-6-4-5-18(22)13-19/h4-6,11-13H,7-10,14H2,1-3H3. The Kier molecular flexibility index (Phi) is 5.72. The number of rotatable bonds is 4. The smallest absolute Gasteiger partial charge is 0.260 e. The van der Waals surface area contributed by atoms with E-state index in [0.29, 0.717) is 13.1 Å². The average Bonchev–Trinajstić information content (AvgIpc) is 2.61. The third-order valence-corrected chi connectivity index (χ3v) is 4.99. The van der Waals surface area contributed by atoms with Crippen LogP contribution in [0.4, 0.5) is 5.69 Å². The lowest BCUT2D eigenvalue weighted by atomic mass is 10.1. The normalized spacial score (nSPS) is 14.5. The molecule has 26 heavy (non-hydrogen) atoms. The van der Waals surface area contributed by atoms with Crippen molar-refractivity contribution in [2.75, 3.05) is 37.7 Å². The van der Waals surface area contributed by atoms with Crippen LogP contribution in [0, 0.1) is 20.8 Å². The van der Waals surface area contributed by atoms with Crippen LogP contribution >= 0.6 is 11.6 Å². The number of ether oxygens (including phenoxy) is 1. The van der Waals surface area contributed by atoms with Crippen molar-refractivity contribution in [3.63, 3.8) is 0 Å². The van der Waals surface area contributed by atoms with Crippen LogP contribution in [0.5, 0.6) is 5.75 Å². The fourth-order valence-electron chi connectivity index (χ4n) is 3.51. The fraction of sp³-hybridized carbons (Fsp3) is 0.381. The summed E-state index contributed by atoms with van der Waals surface area (Å²) >= 11 is 6.07. The molecule has 1 saturated heterocycles. The number of hydrogen-bond acceptors (Lipinski definition) is 3. The van der Waals surface area contributed by atoms with Gasteiger partial charge in [-0.05, 0) is 50.1 Å². The van der Waals surface area contributed by atoms with Crippen molar-refractivity contribution < 1.29 is 9.53 Å². The predicted octanol–water partition coefficient (Wildman–Crippen LogP) is 3.99. The predicted molar refractivity (Wildman–Crippen MR) is 106 cm³/mol. The van der Waals surface area contributed by atoms with Gasteiger partial charge in [0, 0.05) is 36.9 Å². The van der Waals surface area contributed by atoms with E-state index >= 15 is 0 Å². The van der Waals surface area contributed by atoms with Crippen LogP contribution < -0.4 is 9.64 Å². The summed E-state index contributed by atoms with van der Waals surface area (Å²) in [4.78, 5) is 16.6. The van der Waals surface area contributed by atoms with Gasteiger partial charge in [0.05, 0.1) is 0 Å². The maximum atomic E-state index is 12.5. The first-order valence-electron chi connectivity index (χ1n) is 8.93. The van der Waals surface area contributed by atoms with Crippen molar-refractivity contribution >= 4 is 23.2 Å². The summed E-state index contributed by atoms with van der Waals surface area (Å²) < 4.78 is 5.84. The number of carbonyl (C=O) groups is 1. The highest BCUT2D eigenvalue weighted by Crippen LogP contribution is 2.25. The Morgan fingerprint density at radius 1 is 1.04 bits per heavy atom. The van der Waals surface area contributed by atoms with Gasteiger partial charge in [0.25, 0.3) is 5.91 Å². The first-order chi connectivity index (χ1) is 12.4. The van der Waals surface area contributed by atoms with Crippen LogP contribution in [0.1, 0.15) is 16.7 Å². The summed E-state index contributed by atoms with van der Waals surface area (Å²) in [6.45, 7) is 9.17. The maximum absolute atomic E-state index is 12.5. The molecule has 2 aromatic carbocycles. The molecular weight excluding hydrogens is 348 g/mol. The molecule has 0 aromatic heterocycles. The first-order valence-corrected chi connectivity index (χ1v) is 9.31. The Morgan fingerprint density at radius 2 is 1.69 bits per heavy atom. The van der Waals surface area contributed by atoms with Gasteiger partial charge in [-0.2, -0.15) is 0 Å². The van der Waals surface area contributed by atoms with E-state index in [1.165, 1.54) is 5.56 Å². The minimum Gasteiger partial charge on any atom is -0.483 e. The second kappa shape index (κ2) is 8.00. The van der Waals surface area contributed by atoms with Crippen LogP contribution in [-0.2, 0) is 4.79 Å². The van der Waals surface area contributed by atoms with Gasteiger partial charge in [-0.25, -0.2) is 0 Å². The Bertz CT molecular complexity index is 775. The zero-order valence-corrected chi connectivity index (χ0v) is 16.3. The number of benzene rings is 2. The van der Waals surface area contributed by atoms with E-state index in [9.17, 15) is 4.79 Å². The molecule has 0 aliphatic carbocycles. The number of aryl methyl sites for hydroxylation is 3. The highest BCUT2D eigenvalue weighted by Gasteiger charge is 2.22. The highest BCUT2D eigenvalue weighted by molar-refractivity contribution is 6.30. The van der Waals surface area contributed by atoms with Gasteiger partial charge in [0.1, 0.15) is 5.75 Å². The van der Waals surface area contributed by atoms with Gasteiger partial charge in [0.15, 0.2) is 6.61 Å². The minimum absolute atomic E-state index is 0.0371. The number of anilines is 1. The third-order valence-electron chi connectivity index (χ3n) is 4.75. The molecular formula is C21H25ClN2O2. The molecule has 0 spiro atoms. The molecule has 0 N–H and O–H groups in total. The molecule has 1 aliphatic heterocycles. The van der Waals surface area contributed by atoms with E-state index in [0.717, 1.165) is 40.7 Å². The average molecular weight is 373 g/mol. The van der Waals surface area contributed by atoms with E-state index in [1.54, 1.807) is 0 Å². The fourth-order valence-corrected chi connectivity index (χ4v) is 3.69. The third kappa shape index (κ3) is 4.31. The molecule has 0 unspecified atom stereocenters. The molecule has 138 valence electrons. The number of nitrogens with zero attached hydrogens (tertiary/aromatic N) is 2. The topological polar surface area (TPSA) is 32.8 Å². The van der Waals surface area contributed by atoms with Gasteiger partial charge < -0.3 is 14.5 Å². The van der Waals surface area contributed by atoms with Crippen LogP contribution in [-0.4, -0.2) is 43.6 Å². The Hall–Kier alpha value is -2.20. The quantitative estimate of drug-likeness (QED) is 0.813. The van der Waals surface area contributed by atoms with Crippen molar-refractivity contribution in [3.05, 3.63) is 58.1 Å². The Balaban J connectivity index is 1.54. The van der Waals surface area contributed by atoms with Crippen LogP contribution in [0.25, 0.3) is 0 Å². The molecule has 1 heterocycles. The minimum atomic E-state index is 0.0371. The number of amides is 1. The van der Waals surface area contributed by atoms with Crippen LogP contribution in [0.3, 0.4) is 0 Å². The molecule has 2 aromatic rings. The largest absolute Gasteiger partial charge is 0.483 e. The van der Waals surface area contributed by atoms with Crippen LogP contribution in [0.15, 0.2) is 36.4 Å². The number of halogens is 1. The van der Waals surface area contributed by atoms with E-state index in [-0.39, 0.29) is 12.5 Å². The van der Waals surface area contributed by atoms with Gasteiger partial charge in [-0.1, -0.05) is 35.4 Å². The van der Waals surface area contributed by atoms with E-state index in [1.807, 2.05) is 36.9 Å². The molecule has 5 heteroatoms. The second-order valence-corrected chi connectivity index (χ2v) is 7.30. The molecule has 3 rings (SSSR count). The molecule has 0 radical (unpaired) electrons. The molecule has 0 saturated carbocycles. The van der Waals surface area contributed by atoms with Crippen molar-refractivity contribution in [2.24, 2.45) is 0 Å². The molecule has 1 aliphatic rings. The van der Waals surface area contributed by atoms with Crippen LogP contribution in [0.2, 0.25) is 5.02 Å². The summed E-state index contributed by atoms with van der Waals surface area (Å²) in [5, 5.41) is 0.734. The van der Waals surface area contributed by atoms with E-state index in [2.05, 4.69) is 30.0 Å². The van der Waals surface area contributed by atoms with Gasteiger partial charge >= 0.3 is 0 Å². The van der Waals surface area contributed by atoms with Gasteiger partial charge in [-0.3, -0.25) is 4.79 Å². The molecule has 4 nitrogen and oxygen atoms in total. The zero-order valence-electron chi connectivity index (χ0n) is 15.6. The molecule has 1 fully saturated rings. The molecule has 0 atom stereocenters.